The van der Waals surface area contributed by atoms with E-state index in [0.29, 0.717) is 11.8 Å². The van der Waals surface area contributed by atoms with Crippen LogP contribution in [0.15, 0.2) is 48.5 Å². The number of hydrogen-bond acceptors (Lipinski definition) is 3. The molecule has 2 aromatic rings. The van der Waals surface area contributed by atoms with Crippen LogP contribution in [0.2, 0.25) is 0 Å². The number of ether oxygens (including phenoxy) is 1. The molecule has 0 heterocycles. The molecule has 0 saturated heterocycles. The van der Waals surface area contributed by atoms with E-state index in [1.165, 1.54) is 17.5 Å². The molecule has 0 aromatic heterocycles. The predicted molar refractivity (Wildman–Crippen MR) is 85.1 cm³/mol. The van der Waals surface area contributed by atoms with Gasteiger partial charge in [0.25, 0.3) is 0 Å². The third-order valence-electron chi connectivity index (χ3n) is 4.45. The smallest absolute Gasteiger partial charge is 0.121 e. The van der Waals surface area contributed by atoms with Gasteiger partial charge in [0, 0.05) is 6.04 Å². The summed E-state index contributed by atoms with van der Waals surface area (Å²) < 4.78 is 5.33. The second-order valence-corrected chi connectivity index (χ2v) is 5.79. The van der Waals surface area contributed by atoms with Crippen molar-refractivity contribution >= 4 is 0 Å². The highest BCUT2D eigenvalue weighted by atomic mass is 16.5. The summed E-state index contributed by atoms with van der Waals surface area (Å²) >= 11 is 0. The minimum absolute atomic E-state index is 0.194. The Bertz CT molecular complexity index is 612. The summed E-state index contributed by atoms with van der Waals surface area (Å²) in [5, 5.41) is 0. The number of nitrogens with one attached hydrogen (secondary N) is 1. The number of hydrogen-bond donors (Lipinski definition) is 2. The molecule has 0 aliphatic heterocycles. The van der Waals surface area contributed by atoms with E-state index in [4.69, 9.17) is 10.6 Å². The third kappa shape index (κ3) is 2.80. The van der Waals surface area contributed by atoms with Crippen LogP contribution in [0.5, 0.6) is 5.75 Å². The highest BCUT2D eigenvalue weighted by molar-refractivity contribution is 5.39. The molecular formula is C18H22N2O. The summed E-state index contributed by atoms with van der Waals surface area (Å²) in [5.41, 5.74) is 6.80. The molecule has 1 aliphatic rings. The molecule has 3 unspecified atom stereocenters. The molecule has 110 valence electrons. The molecule has 0 radical (unpaired) electrons. The van der Waals surface area contributed by atoms with Crippen LogP contribution < -0.4 is 16.0 Å². The summed E-state index contributed by atoms with van der Waals surface area (Å²) in [6.07, 6.45) is 1.18. The summed E-state index contributed by atoms with van der Waals surface area (Å²) in [4.78, 5) is 0. The Balaban J connectivity index is 1.79. The molecule has 3 nitrogen and oxygen atoms in total. The number of hydrazine groups is 1. The Morgan fingerprint density at radius 3 is 2.57 bits per heavy atom. The van der Waals surface area contributed by atoms with Gasteiger partial charge in [-0.15, -0.1) is 0 Å². The van der Waals surface area contributed by atoms with E-state index in [9.17, 15) is 0 Å². The van der Waals surface area contributed by atoms with Crippen LogP contribution >= 0.6 is 0 Å². The van der Waals surface area contributed by atoms with E-state index in [1.807, 2.05) is 6.07 Å². The molecule has 3 N–H and O–H groups in total. The molecule has 3 atom stereocenters. The summed E-state index contributed by atoms with van der Waals surface area (Å²) in [6.45, 7) is 2.07. The van der Waals surface area contributed by atoms with E-state index in [1.54, 1.807) is 7.11 Å². The normalized spacial score (nSPS) is 21.9. The summed E-state index contributed by atoms with van der Waals surface area (Å²) in [5.74, 6) is 7.91. The van der Waals surface area contributed by atoms with E-state index in [0.717, 1.165) is 11.3 Å². The fraction of sp³-hybridized carbons (Fsp3) is 0.333. The van der Waals surface area contributed by atoms with Crippen molar-refractivity contribution in [3.05, 3.63) is 65.2 Å². The maximum absolute atomic E-state index is 5.83. The second kappa shape index (κ2) is 5.88. The van der Waals surface area contributed by atoms with Gasteiger partial charge in [-0.1, -0.05) is 42.5 Å². The van der Waals surface area contributed by atoms with Gasteiger partial charge in [0.2, 0.25) is 0 Å². The van der Waals surface area contributed by atoms with E-state index in [2.05, 4.69) is 54.8 Å². The zero-order chi connectivity index (χ0) is 14.8. The van der Waals surface area contributed by atoms with E-state index in [-0.39, 0.29) is 6.04 Å². The highest BCUT2D eigenvalue weighted by Crippen LogP contribution is 2.53. The minimum atomic E-state index is 0.194. The number of benzene rings is 2. The van der Waals surface area contributed by atoms with Crippen LogP contribution in [0, 0.1) is 12.8 Å². The van der Waals surface area contributed by atoms with Crippen molar-refractivity contribution in [3.8, 4) is 5.75 Å². The van der Waals surface area contributed by atoms with Crippen molar-refractivity contribution in [3.63, 3.8) is 0 Å². The first-order valence-electron chi connectivity index (χ1n) is 7.40. The summed E-state index contributed by atoms with van der Waals surface area (Å²) in [7, 11) is 1.70. The van der Waals surface area contributed by atoms with Crippen molar-refractivity contribution < 1.29 is 4.74 Å². The van der Waals surface area contributed by atoms with Gasteiger partial charge in [0.1, 0.15) is 5.75 Å². The van der Waals surface area contributed by atoms with Crippen molar-refractivity contribution in [2.75, 3.05) is 7.11 Å². The number of methoxy groups -OCH3 is 1. The van der Waals surface area contributed by atoms with Gasteiger partial charge >= 0.3 is 0 Å². The van der Waals surface area contributed by atoms with Crippen LogP contribution in [-0.2, 0) is 0 Å². The predicted octanol–water partition coefficient (Wildman–Crippen LogP) is 3.31. The van der Waals surface area contributed by atoms with Crippen LogP contribution in [0.4, 0.5) is 0 Å². The molecule has 3 heteroatoms. The largest absolute Gasteiger partial charge is 0.496 e. The Morgan fingerprint density at radius 2 is 1.95 bits per heavy atom. The molecule has 21 heavy (non-hydrogen) atoms. The molecule has 2 aromatic carbocycles. The lowest BCUT2D eigenvalue weighted by Crippen LogP contribution is -2.30. The standard InChI is InChI=1S/C18H22N2O/c1-12-10-14(8-9-17(12)21-2)18(20-19)16-11-15(16)13-6-4-3-5-7-13/h3-10,15-16,18,20H,11,19H2,1-2H3. The third-order valence-corrected chi connectivity index (χ3v) is 4.45. The Morgan fingerprint density at radius 1 is 1.19 bits per heavy atom. The maximum atomic E-state index is 5.83. The zero-order valence-corrected chi connectivity index (χ0v) is 12.5. The van der Waals surface area contributed by atoms with Gasteiger partial charge in [-0.25, -0.2) is 0 Å². The van der Waals surface area contributed by atoms with Gasteiger partial charge in [0.05, 0.1) is 7.11 Å². The average Bonchev–Trinajstić information content (AvgIpc) is 3.30. The molecule has 1 saturated carbocycles. The van der Waals surface area contributed by atoms with Crippen LogP contribution in [0.1, 0.15) is 35.1 Å². The average molecular weight is 282 g/mol. The number of nitrogens with two attached hydrogens (primary N) is 1. The molecule has 0 spiro atoms. The van der Waals surface area contributed by atoms with E-state index < -0.39 is 0 Å². The zero-order valence-electron chi connectivity index (χ0n) is 12.5. The van der Waals surface area contributed by atoms with Gasteiger partial charge in [0.15, 0.2) is 0 Å². The molecule has 0 bridgehead atoms. The Kier molecular flexibility index (Phi) is 3.95. The fourth-order valence-electron chi connectivity index (χ4n) is 3.23. The first-order valence-corrected chi connectivity index (χ1v) is 7.40. The molecule has 3 rings (SSSR count). The minimum Gasteiger partial charge on any atom is -0.496 e. The quantitative estimate of drug-likeness (QED) is 0.653. The Hall–Kier alpha value is -1.84. The SMILES string of the molecule is COc1ccc(C(NN)C2CC2c2ccccc2)cc1C. The van der Waals surface area contributed by atoms with Crippen molar-refractivity contribution in [1.82, 2.24) is 5.43 Å². The topological polar surface area (TPSA) is 47.3 Å². The monoisotopic (exact) mass is 282 g/mol. The fourth-order valence-corrected chi connectivity index (χ4v) is 3.23. The van der Waals surface area contributed by atoms with Crippen molar-refractivity contribution in [1.29, 1.82) is 0 Å². The number of aryl methyl sites for hydroxylation is 1. The van der Waals surface area contributed by atoms with E-state index >= 15 is 0 Å². The van der Waals surface area contributed by atoms with Crippen LogP contribution in [0.3, 0.4) is 0 Å². The lowest BCUT2D eigenvalue weighted by atomic mass is 9.97. The van der Waals surface area contributed by atoms with Crippen molar-refractivity contribution in [2.45, 2.75) is 25.3 Å². The molecule has 0 amide bonds. The van der Waals surface area contributed by atoms with Gasteiger partial charge in [-0.05, 0) is 47.9 Å². The first kappa shape index (κ1) is 14.1. The summed E-state index contributed by atoms with van der Waals surface area (Å²) in [6, 6.07) is 17.2. The van der Waals surface area contributed by atoms with Crippen molar-refractivity contribution in [2.24, 2.45) is 11.8 Å². The van der Waals surface area contributed by atoms with Gasteiger partial charge in [-0.2, -0.15) is 0 Å². The van der Waals surface area contributed by atoms with Gasteiger partial charge in [-0.3, -0.25) is 11.3 Å². The van der Waals surface area contributed by atoms with Crippen LogP contribution in [0.25, 0.3) is 0 Å². The maximum Gasteiger partial charge on any atom is 0.121 e. The first-order chi connectivity index (χ1) is 10.2. The molecule has 1 fully saturated rings. The highest BCUT2D eigenvalue weighted by Gasteiger charge is 2.44. The van der Waals surface area contributed by atoms with Gasteiger partial charge < -0.3 is 4.74 Å². The molecule has 1 aliphatic carbocycles. The lowest BCUT2D eigenvalue weighted by molar-refractivity contribution is 0.410. The van der Waals surface area contributed by atoms with Crippen LogP contribution in [-0.4, -0.2) is 7.11 Å². The number of rotatable bonds is 5. The molecular weight excluding hydrogens is 260 g/mol. The Labute approximate surface area is 126 Å². The lowest BCUT2D eigenvalue weighted by Gasteiger charge is -2.18. The second-order valence-electron chi connectivity index (χ2n) is 5.79.